The molecule has 36 heteroatoms. The Hall–Kier alpha value is -7.93. The van der Waals surface area contributed by atoms with Crippen molar-refractivity contribution in [2.24, 2.45) is 27.2 Å². The monoisotopic (exact) mass is 1410 g/mol. The van der Waals surface area contributed by atoms with Crippen molar-refractivity contribution in [2.45, 2.75) is 172 Å². The Morgan fingerprint density at radius 1 is 0.650 bits per heavy atom. The number of aldehydes is 1. The zero-order chi connectivity index (χ0) is 72.4. The third-order valence-electron chi connectivity index (χ3n) is 18.2. The van der Waals surface area contributed by atoms with Gasteiger partial charge in [-0.15, -0.1) is 0 Å². The predicted molar refractivity (Wildman–Crippen MR) is 345 cm³/mol. The molecular weight excluding hydrogens is 1320 g/mol. The summed E-state index contributed by atoms with van der Waals surface area (Å²) in [6.45, 7) is -2.80. The quantitative estimate of drug-likeness (QED) is 0.0216. The lowest BCUT2D eigenvalue weighted by molar-refractivity contribution is -0.357. The molecule has 5 heterocycles. The first-order valence-corrected chi connectivity index (χ1v) is 32.1. The van der Waals surface area contributed by atoms with Crippen molar-refractivity contribution in [1.29, 1.82) is 0 Å². The number of aliphatic hydroxyl groups is 13. The van der Waals surface area contributed by atoms with Gasteiger partial charge in [-0.3, -0.25) is 29.2 Å². The Bertz CT molecular complexity index is 3480. The van der Waals surface area contributed by atoms with Crippen LogP contribution in [0.4, 0.5) is 0 Å². The zero-order valence-electron chi connectivity index (χ0n) is 54.1. The van der Waals surface area contributed by atoms with E-state index >= 15 is 4.79 Å². The van der Waals surface area contributed by atoms with Crippen LogP contribution in [0.25, 0.3) is 10.8 Å². The van der Waals surface area contributed by atoms with Crippen molar-refractivity contribution < 1.29 is 124 Å². The number of hydrogen-bond acceptors (Lipinski definition) is 32. The zero-order valence-corrected chi connectivity index (χ0v) is 54.1. The minimum absolute atomic E-state index is 0.0348. The average molecular weight is 1410 g/mol. The molecule has 5 aliphatic rings. The van der Waals surface area contributed by atoms with Crippen molar-refractivity contribution in [1.82, 2.24) is 31.5 Å². The van der Waals surface area contributed by atoms with Crippen LogP contribution in [0.1, 0.15) is 29.5 Å². The van der Waals surface area contributed by atoms with Crippen molar-refractivity contribution in [2.75, 3.05) is 46.6 Å². The second-order valence-electron chi connectivity index (χ2n) is 24.8. The third-order valence-corrected chi connectivity index (χ3v) is 18.2. The molecule has 4 amide bonds. The summed E-state index contributed by atoms with van der Waals surface area (Å²) >= 11 is 0. The van der Waals surface area contributed by atoms with E-state index < -0.39 is 221 Å². The van der Waals surface area contributed by atoms with E-state index in [1.807, 2.05) is 24.3 Å². The van der Waals surface area contributed by atoms with E-state index in [9.17, 15) is 85.6 Å². The first-order valence-electron chi connectivity index (χ1n) is 32.1. The number of carbonyl (C=O) groups is 5. The largest absolute Gasteiger partial charge is 0.497 e. The van der Waals surface area contributed by atoms with Gasteiger partial charge < -0.3 is 153 Å². The molecule has 4 aromatic carbocycles. The highest BCUT2D eigenvalue weighted by Gasteiger charge is 2.54. The standard InChI is InChI=1S/C64H87N11O25/c1-27(30-6-4-3-5-7-30)42(65)57(91)71-36(56(90)73-43(45(81)37-19-68-63(66)72-37)59(93)74-44(58(92)70-33(21-76)22-77)46(82)38-20-69-64(67)75(38)60-52(88)49(85)47(83)39(23-78)97-60)17-28-9-13-34(14-10-28)96-61-53(89)51(87)54(41(25-80)99-61)100-62-55(50(86)48(84)40(24-79)98-62)95-26-29-8-11-32-18-35(94-2)15-12-31(32)16-29/h3-16,18,21,27,33,36-55,60-62,77-89H,17,19-20,22-26,65H2,1-2H3,(H2,67,69)(H,70,92)(H,71,91)(H,73,90)(H,74,93)(H3,66,68,72)/t27?,33-,36+,37?,38?,39?,40?,41?,42+,43+,44+,45?,46?,47?,48?,49?,50?,51?,52?,53?,54?,55?,60?,61?,62?/m1/s1. The number of fused-ring (bicyclic) bond motifs is 1. The van der Waals surface area contributed by atoms with Gasteiger partial charge in [0.25, 0.3) is 0 Å². The third kappa shape index (κ3) is 17.3. The molecule has 24 N–H and O–H groups in total. The number of nitrogens with two attached hydrogens (primary N) is 3. The van der Waals surface area contributed by atoms with Crippen LogP contribution in [0, 0.1) is 0 Å². The predicted octanol–water partition coefficient (Wildman–Crippen LogP) is -9.31. The minimum Gasteiger partial charge on any atom is -0.497 e. The van der Waals surface area contributed by atoms with Gasteiger partial charge in [0.1, 0.15) is 127 Å². The number of aliphatic imine (C=N–C) groups is 2. The summed E-state index contributed by atoms with van der Waals surface area (Å²) < 4.78 is 41.0. The van der Waals surface area contributed by atoms with Gasteiger partial charge in [-0.1, -0.05) is 67.6 Å². The normalized spacial score (nSPS) is 30.8. The molecule has 36 nitrogen and oxygen atoms in total. The molecule has 3 fully saturated rings. The number of benzene rings is 4. The molecule has 25 atom stereocenters. The Morgan fingerprint density at radius 3 is 1.90 bits per heavy atom. The summed E-state index contributed by atoms with van der Waals surface area (Å²) in [4.78, 5) is 79.4. The van der Waals surface area contributed by atoms with Crippen molar-refractivity contribution >= 4 is 52.6 Å². The molecule has 0 saturated carbocycles. The number of methoxy groups -OCH3 is 1. The number of amides is 4. The maximum atomic E-state index is 15.0. The molecule has 0 bridgehead atoms. The van der Waals surface area contributed by atoms with Crippen LogP contribution in [-0.2, 0) is 60.7 Å². The van der Waals surface area contributed by atoms with E-state index in [4.69, 9.17) is 50.4 Å². The molecule has 0 radical (unpaired) electrons. The van der Waals surface area contributed by atoms with Gasteiger partial charge in [-0.05, 0) is 57.8 Å². The number of guanidine groups is 2. The van der Waals surface area contributed by atoms with Crippen LogP contribution in [0.3, 0.4) is 0 Å². The van der Waals surface area contributed by atoms with Crippen LogP contribution < -0.4 is 53.3 Å². The summed E-state index contributed by atoms with van der Waals surface area (Å²) in [7, 11) is 1.54. The van der Waals surface area contributed by atoms with Crippen LogP contribution in [0.15, 0.2) is 101 Å². The topological polar surface area (TPSA) is 579 Å². The number of carbonyl (C=O) groups excluding carboxylic acids is 5. The Balaban J connectivity index is 0.939. The fourth-order valence-corrected chi connectivity index (χ4v) is 12.3. The highest BCUT2D eigenvalue weighted by molar-refractivity contribution is 5.96. The maximum Gasteiger partial charge on any atom is 0.246 e. The van der Waals surface area contributed by atoms with E-state index in [0.717, 1.165) is 15.7 Å². The smallest absolute Gasteiger partial charge is 0.246 e. The summed E-state index contributed by atoms with van der Waals surface area (Å²) in [6.07, 6.45) is -30.3. The molecule has 0 spiro atoms. The van der Waals surface area contributed by atoms with E-state index in [1.54, 1.807) is 56.5 Å². The van der Waals surface area contributed by atoms with Crippen LogP contribution in [0.2, 0.25) is 0 Å². The van der Waals surface area contributed by atoms with Gasteiger partial charge in [0.2, 0.25) is 29.9 Å². The van der Waals surface area contributed by atoms with Crippen LogP contribution in [0.5, 0.6) is 11.5 Å². The van der Waals surface area contributed by atoms with Gasteiger partial charge in [-0.2, -0.15) is 0 Å². The number of nitrogens with one attached hydrogen (secondary N) is 5. The van der Waals surface area contributed by atoms with Gasteiger partial charge in [0.15, 0.2) is 24.4 Å². The lowest BCUT2D eigenvalue weighted by Gasteiger charge is -2.46. The van der Waals surface area contributed by atoms with E-state index in [2.05, 4.69) is 36.6 Å². The SMILES string of the molecule is COc1ccc2cc(COC3C(OC4C(CO)OC(Oc5ccc(C[C@H](NC(=O)[C@@H](N)C(C)c6ccccc6)C(=O)N[C@H](C(=O)N[C@H](C(=O)N[C@H](C=O)CO)C(O)C6CN=C(N)N6C6OC(CO)C(O)C(O)C6O)C(O)C6CN=C(N)N6)cc5)C(O)C4O)OC(CO)C(O)C3O)ccc2c1. The van der Waals surface area contributed by atoms with E-state index in [-0.39, 0.29) is 36.7 Å². The summed E-state index contributed by atoms with van der Waals surface area (Å²) in [5, 5.41) is 156. The van der Waals surface area contributed by atoms with Gasteiger partial charge in [0, 0.05) is 12.3 Å². The fraction of sp³-hybridized carbons (Fsp3) is 0.547. The first-order chi connectivity index (χ1) is 47.8. The van der Waals surface area contributed by atoms with Crippen molar-refractivity contribution in [3.05, 3.63) is 108 Å². The molecule has 548 valence electrons. The number of hydrogen-bond donors (Lipinski definition) is 21. The van der Waals surface area contributed by atoms with E-state index in [1.165, 1.54) is 24.3 Å². The summed E-state index contributed by atoms with van der Waals surface area (Å²) in [5.74, 6) is -5.53. The second kappa shape index (κ2) is 34.2. The molecule has 0 aliphatic carbocycles. The maximum absolute atomic E-state index is 15.0. The highest BCUT2D eigenvalue weighted by atomic mass is 16.7. The molecular formula is C64H87N11O25. The summed E-state index contributed by atoms with van der Waals surface area (Å²) in [5.41, 5.74) is 20.2. The summed E-state index contributed by atoms with van der Waals surface area (Å²) in [6, 6.07) is 13.1. The van der Waals surface area contributed by atoms with Gasteiger partial charge >= 0.3 is 0 Å². The van der Waals surface area contributed by atoms with Crippen molar-refractivity contribution in [3.8, 4) is 11.5 Å². The second-order valence-corrected chi connectivity index (χ2v) is 24.8. The lowest BCUT2D eigenvalue weighted by atomic mass is 9.93. The minimum atomic E-state index is -2.26. The molecule has 3 saturated heterocycles. The average Bonchev–Trinajstić information content (AvgIpc) is 1.35. The molecule has 0 aromatic heterocycles. The van der Waals surface area contributed by atoms with Crippen molar-refractivity contribution in [3.63, 3.8) is 0 Å². The van der Waals surface area contributed by atoms with Gasteiger partial charge in [0.05, 0.1) is 71.4 Å². The number of rotatable bonds is 30. The highest BCUT2D eigenvalue weighted by Crippen LogP contribution is 2.34. The van der Waals surface area contributed by atoms with Crippen LogP contribution in [-0.4, -0.2) is 306 Å². The number of ether oxygens (including phenoxy) is 7. The Kier molecular flexibility index (Phi) is 26.0. The molecule has 20 unspecified atom stereocenters. The van der Waals surface area contributed by atoms with E-state index in [0.29, 0.717) is 16.9 Å². The molecule has 100 heavy (non-hydrogen) atoms. The first kappa shape index (κ1) is 76.3. The molecule has 9 rings (SSSR count). The Labute approximate surface area is 571 Å². The van der Waals surface area contributed by atoms with Crippen LogP contribution >= 0.6 is 0 Å². The molecule has 4 aromatic rings. The van der Waals surface area contributed by atoms with Gasteiger partial charge in [-0.25, -0.2) is 0 Å². The Morgan fingerprint density at radius 2 is 1.25 bits per heavy atom. The molecule has 5 aliphatic heterocycles. The fourth-order valence-electron chi connectivity index (χ4n) is 12.3. The number of aliphatic hydroxyl groups excluding tert-OH is 13. The number of nitrogens with zero attached hydrogens (tertiary/aromatic N) is 3. The lowest BCUT2D eigenvalue weighted by Crippen LogP contribution is -2.70.